The van der Waals surface area contributed by atoms with Crippen LogP contribution in [-0.4, -0.2) is 45.7 Å². The number of carboxylic acids is 1. The molecule has 2 N–H and O–H groups in total. The summed E-state index contributed by atoms with van der Waals surface area (Å²) >= 11 is 0. The highest BCUT2D eigenvalue weighted by molar-refractivity contribution is 6.14. The van der Waals surface area contributed by atoms with Crippen LogP contribution in [0, 0.1) is 0 Å². The third-order valence-corrected chi connectivity index (χ3v) is 3.72. The topological polar surface area (TPSA) is 77.8 Å². The lowest BCUT2D eigenvalue weighted by atomic mass is 9.93. The summed E-state index contributed by atoms with van der Waals surface area (Å²) in [5.74, 6) is -1.31. The number of fused-ring (bicyclic) bond motifs is 1. The number of likely N-dealkylation sites (tertiary alicyclic amines) is 1. The highest BCUT2D eigenvalue weighted by Crippen LogP contribution is 2.28. The number of β-amino-alcohol motifs (C(OH)–C–C–N with tert-alkyl or cyclic N) is 1. The Kier molecular flexibility index (Phi) is 2.95. The predicted molar refractivity (Wildman–Crippen MR) is 77.4 cm³/mol. The molecule has 1 aliphatic rings. The van der Waals surface area contributed by atoms with Crippen LogP contribution in [0.15, 0.2) is 36.4 Å². The Morgan fingerprint density at radius 2 is 1.67 bits per heavy atom. The van der Waals surface area contributed by atoms with E-state index in [1.165, 1.54) is 11.0 Å². The molecule has 5 heteroatoms. The van der Waals surface area contributed by atoms with Crippen LogP contribution < -0.4 is 0 Å². The molecule has 0 spiro atoms. The molecule has 3 rings (SSSR count). The molecule has 2 aromatic rings. The summed E-state index contributed by atoms with van der Waals surface area (Å²) < 4.78 is 0. The van der Waals surface area contributed by atoms with E-state index in [9.17, 15) is 19.8 Å². The second kappa shape index (κ2) is 4.56. The smallest absolute Gasteiger partial charge is 0.336 e. The minimum atomic E-state index is -1.06. The number of hydrogen-bond acceptors (Lipinski definition) is 3. The highest BCUT2D eigenvalue weighted by atomic mass is 16.4. The van der Waals surface area contributed by atoms with Gasteiger partial charge in [-0.1, -0.05) is 24.3 Å². The Bertz CT molecular complexity index is 738. The molecule has 0 atom stereocenters. The van der Waals surface area contributed by atoms with E-state index in [-0.39, 0.29) is 24.6 Å². The molecule has 21 heavy (non-hydrogen) atoms. The fraction of sp³-hybridized carbons (Fsp3) is 0.250. The molecule has 0 aliphatic carbocycles. The lowest BCUT2D eigenvalue weighted by Gasteiger charge is -2.44. The first-order valence-electron chi connectivity index (χ1n) is 6.66. The van der Waals surface area contributed by atoms with Gasteiger partial charge in [0.1, 0.15) is 0 Å². The Balaban J connectivity index is 2.10. The number of benzene rings is 2. The fourth-order valence-electron chi connectivity index (χ4n) is 2.79. The number of aromatic carboxylic acids is 1. The highest BCUT2D eigenvalue weighted by Gasteiger charge is 2.40. The van der Waals surface area contributed by atoms with Crippen molar-refractivity contribution in [3.63, 3.8) is 0 Å². The van der Waals surface area contributed by atoms with Crippen molar-refractivity contribution < 1.29 is 19.8 Å². The Labute approximate surface area is 121 Å². The third-order valence-electron chi connectivity index (χ3n) is 3.72. The summed E-state index contributed by atoms with van der Waals surface area (Å²) in [6.45, 7) is 2.19. The van der Waals surface area contributed by atoms with Crippen LogP contribution in [0.3, 0.4) is 0 Å². The largest absolute Gasteiger partial charge is 0.478 e. The van der Waals surface area contributed by atoms with Crippen LogP contribution in [0.5, 0.6) is 0 Å². The Hall–Kier alpha value is -2.40. The lowest BCUT2D eigenvalue weighted by Crippen LogP contribution is -2.61. The molecule has 5 nitrogen and oxygen atoms in total. The van der Waals surface area contributed by atoms with Gasteiger partial charge in [-0.05, 0) is 24.4 Å². The molecular formula is C16H15NO4. The van der Waals surface area contributed by atoms with E-state index < -0.39 is 11.6 Å². The van der Waals surface area contributed by atoms with Crippen molar-refractivity contribution >= 4 is 22.6 Å². The predicted octanol–water partition coefficient (Wildman–Crippen LogP) is 1.74. The van der Waals surface area contributed by atoms with E-state index in [0.717, 1.165) is 0 Å². The van der Waals surface area contributed by atoms with E-state index >= 15 is 0 Å². The van der Waals surface area contributed by atoms with Crippen LogP contribution in [0.2, 0.25) is 0 Å². The summed E-state index contributed by atoms with van der Waals surface area (Å²) in [6.07, 6.45) is 0. The molecule has 1 fully saturated rings. The van der Waals surface area contributed by atoms with Crippen molar-refractivity contribution in [2.75, 3.05) is 13.1 Å². The number of aliphatic hydroxyl groups is 1. The van der Waals surface area contributed by atoms with Crippen LogP contribution >= 0.6 is 0 Å². The van der Waals surface area contributed by atoms with Crippen molar-refractivity contribution in [3.05, 3.63) is 47.5 Å². The molecule has 1 saturated heterocycles. The van der Waals surface area contributed by atoms with Crippen molar-refractivity contribution in [1.82, 2.24) is 4.90 Å². The summed E-state index contributed by atoms with van der Waals surface area (Å²) in [4.78, 5) is 25.4. The van der Waals surface area contributed by atoms with Gasteiger partial charge in [-0.25, -0.2) is 4.79 Å². The number of hydrogen-bond donors (Lipinski definition) is 2. The van der Waals surface area contributed by atoms with Gasteiger partial charge >= 0.3 is 5.97 Å². The maximum Gasteiger partial charge on any atom is 0.336 e. The SMILES string of the molecule is CC1(O)CN(C(=O)c2cccc3cccc(C(=O)O)c23)C1. The van der Waals surface area contributed by atoms with Crippen molar-refractivity contribution in [1.29, 1.82) is 0 Å². The lowest BCUT2D eigenvalue weighted by molar-refractivity contribution is -0.0668. The van der Waals surface area contributed by atoms with E-state index in [1.807, 2.05) is 0 Å². The average Bonchev–Trinajstić information content (AvgIpc) is 2.42. The average molecular weight is 285 g/mol. The van der Waals surface area contributed by atoms with Crippen molar-refractivity contribution in [2.24, 2.45) is 0 Å². The monoisotopic (exact) mass is 285 g/mol. The molecule has 2 aromatic carbocycles. The van der Waals surface area contributed by atoms with Gasteiger partial charge in [0, 0.05) is 10.9 Å². The molecule has 0 radical (unpaired) electrons. The fourth-order valence-corrected chi connectivity index (χ4v) is 2.79. The second-order valence-corrected chi connectivity index (χ2v) is 5.67. The van der Waals surface area contributed by atoms with Gasteiger partial charge in [0.05, 0.1) is 24.3 Å². The zero-order chi connectivity index (χ0) is 15.2. The minimum absolute atomic E-state index is 0.115. The normalized spacial score (nSPS) is 16.6. The van der Waals surface area contributed by atoms with Gasteiger partial charge in [-0.2, -0.15) is 0 Å². The van der Waals surface area contributed by atoms with Crippen molar-refractivity contribution in [3.8, 4) is 0 Å². The summed E-state index contributed by atoms with van der Waals surface area (Å²) in [6, 6.07) is 10.1. The first kappa shape index (κ1) is 13.6. The van der Waals surface area contributed by atoms with Crippen LogP contribution in [0.4, 0.5) is 0 Å². The van der Waals surface area contributed by atoms with Gasteiger partial charge in [-0.3, -0.25) is 4.79 Å². The number of carboxylic acid groups (broad SMARTS) is 1. The second-order valence-electron chi connectivity index (χ2n) is 5.67. The Morgan fingerprint density at radius 1 is 1.10 bits per heavy atom. The van der Waals surface area contributed by atoms with Gasteiger partial charge < -0.3 is 15.1 Å². The molecule has 1 aliphatic heterocycles. The maximum absolute atomic E-state index is 12.5. The maximum atomic E-state index is 12.5. The molecule has 0 saturated carbocycles. The molecule has 0 bridgehead atoms. The van der Waals surface area contributed by atoms with Crippen LogP contribution in [0.1, 0.15) is 27.6 Å². The molecule has 1 heterocycles. The van der Waals surface area contributed by atoms with Gasteiger partial charge in [0.25, 0.3) is 5.91 Å². The van der Waals surface area contributed by atoms with E-state index in [0.29, 0.717) is 16.3 Å². The van der Waals surface area contributed by atoms with E-state index in [1.54, 1.807) is 37.3 Å². The third kappa shape index (κ3) is 2.25. The van der Waals surface area contributed by atoms with E-state index in [2.05, 4.69) is 0 Å². The zero-order valence-corrected chi connectivity index (χ0v) is 11.5. The zero-order valence-electron chi connectivity index (χ0n) is 11.5. The first-order valence-corrected chi connectivity index (χ1v) is 6.66. The van der Waals surface area contributed by atoms with Gasteiger partial charge in [0.2, 0.25) is 0 Å². The quantitative estimate of drug-likeness (QED) is 0.881. The molecule has 0 unspecified atom stereocenters. The van der Waals surface area contributed by atoms with Crippen molar-refractivity contribution in [2.45, 2.75) is 12.5 Å². The number of rotatable bonds is 2. The number of carbonyl (C=O) groups excluding carboxylic acids is 1. The molecular weight excluding hydrogens is 270 g/mol. The van der Waals surface area contributed by atoms with Gasteiger partial charge in [-0.15, -0.1) is 0 Å². The summed E-state index contributed by atoms with van der Waals surface area (Å²) in [7, 11) is 0. The Morgan fingerprint density at radius 3 is 2.19 bits per heavy atom. The molecule has 0 aromatic heterocycles. The minimum Gasteiger partial charge on any atom is -0.478 e. The summed E-state index contributed by atoms with van der Waals surface area (Å²) in [5.41, 5.74) is -0.375. The summed E-state index contributed by atoms with van der Waals surface area (Å²) in [5, 5.41) is 20.2. The molecule has 1 amide bonds. The van der Waals surface area contributed by atoms with E-state index in [4.69, 9.17) is 0 Å². The number of nitrogens with zero attached hydrogens (tertiary/aromatic N) is 1. The first-order chi connectivity index (χ1) is 9.89. The molecule has 108 valence electrons. The standard InChI is InChI=1S/C16H15NO4/c1-16(21)8-17(9-16)14(18)11-6-2-4-10-5-3-7-12(13(10)11)15(19)20/h2-7,21H,8-9H2,1H3,(H,19,20). The van der Waals surface area contributed by atoms with Crippen LogP contribution in [0.25, 0.3) is 10.8 Å². The number of amides is 1. The number of carbonyl (C=O) groups is 2. The van der Waals surface area contributed by atoms with Crippen LogP contribution in [-0.2, 0) is 0 Å². The van der Waals surface area contributed by atoms with Gasteiger partial charge in [0.15, 0.2) is 0 Å².